The Bertz CT molecular complexity index is 1080. The number of hydrogen-bond donors (Lipinski definition) is 2. The smallest absolute Gasteiger partial charge is 0.249 e. The molecule has 3 aromatic rings. The van der Waals surface area contributed by atoms with Crippen molar-refractivity contribution in [2.75, 3.05) is 11.4 Å². The molecule has 0 saturated carbocycles. The molecule has 1 aliphatic heterocycles. The highest BCUT2D eigenvalue weighted by Gasteiger charge is 2.18. The monoisotopic (exact) mass is 359 g/mol. The zero-order valence-corrected chi connectivity index (χ0v) is 15.0. The highest BCUT2D eigenvalue weighted by atomic mass is 32.1. The van der Waals surface area contributed by atoms with Crippen molar-refractivity contribution in [1.82, 2.24) is 4.98 Å². The summed E-state index contributed by atoms with van der Waals surface area (Å²) in [6.07, 6.45) is 2.18. The van der Waals surface area contributed by atoms with E-state index in [1.165, 1.54) is 17.3 Å². The van der Waals surface area contributed by atoms with Gasteiger partial charge in [-0.3, -0.25) is 4.79 Å². The van der Waals surface area contributed by atoms with Gasteiger partial charge >= 0.3 is 0 Å². The molecule has 0 atom stereocenters. The molecule has 0 saturated heterocycles. The van der Waals surface area contributed by atoms with Gasteiger partial charge in [-0.15, -0.1) is 12.6 Å². The lowest BCUT2D eigenvalue weighted by atomic mass is 9.98. The van der Waals surface area contributed by atoms with Crippen molar-refractivity contribution < 1.29 is 0 Å². The van der Waals surface area contributed by atoms with Gasteiger partial charge in [0.15, 0.2) is 0 Å². The molecule has 4 nitrogen and oxygen atoms in total. The van der Waals surface area contributed by atoms with E-state index in [0.717, 1.165) is 30.6 Å². The maximum absolute atomic E-state index is 11.9. The van der Waals surface area contributed by atoms with Gasteiger partial charge in [-0.25, -0.2) is 0 Å². The first-order valence-electron chi connectivity index (χ1n) is 8.49. The van der Waals surface area contributed by atoms with Crippen molar-refractivity contribution in [2.24, 2.45) is 0 Å². The third kappa shape index (κ3) is 2.89. The van der Waals surface area contributed by atoms with E-state index in [1.807, 2.05) is 18.2 Å². The Morgan fingerprint density at radius 3 is 2.81 bits per heavy atom. The second kappa shape index (κ2) is 6.74. The number of H-pyrrole nitrogens is 1. The Balaban J connectivity index is 1.83. The molecule has 0 spiro atoms. The molecule has 5 heteroatoms. The number of para-hydroxylation sites is 1. The van der Waals surface area contributed by atoms with E-state index in [1.54, 1.807) is 0 Å². The molecule has 128 valence electrons. The number of nitriles is 1. The van der Waals surface area contributed by atoms with Gasteiger partial charge in [0, 0.05) is 29.5 Å². The molecule has 1 N–H and O–H groups in total. The molecular formula is C21H17N3OS. The zero-order valence-electron chi connectivity index (χ0n) is 14.1. The van der Waals surface area contributed by atoms with Gasteiger partial charge < -0.3 is 9.88 Å². The first-order chi connectivity index (χ1) is 12.7. The number of thiol groups is 1. The molecule has 0 radical (unpaired) electrons. The Morgan fingerprint density at radius 1 is 1.12 bits per heavy atom. The number of nitrogens with zero attached hydrogens (tertiary/aromatic N) is 2. The lowest BCUT2D eigenvalue weighted by Gasteiger charge is -2.31. The summed E-state index contributed by atoms with van der Waals surface area (Å²) in [7, 11) is 0. The molecular weight excluding hydrogens is 342 g/mol. The topological polar surface area (TPSA) is 59.9 Å². The number of pyridine rings is 1. The zero-order chi connectivity index (χ0) is 18.1. The number of aromatic nitrogens is 1. The van der Waals surface area contributed by atoms with Crippen molar-refractivity contribution in [3.63, 3.8) is 0 Å². The van der Waals surface area contributed by atoms with Crippen LogP contribution in [0.15, 0.2) is 64.4 Å². The van der Waals surface area contributed by atoms with E-state index < -0.39 is 0 Å². The van der Waals surface area contributed by atoms with Crippen LogP contribution in [0.25, 0.3) is 11.1 Å². The molecule has 0 aliphatic carbocycles. The molecule has 0 amide bonds. The van der Waals surface area contributed by atoms with Crippen molar-refractivity contribution >= 4 is 24.0 Å². The van der Waals surface area contributed by atoms with Crippen LogP contribution >= 0.6 is 12.6 Å². The Hall–Kier alpha value is -2.97. The van der Waals surface area contributed by atoms with Gasteiger partial charge in [0.2, 0.25) is 5.56 Å². The summed E-state index contributed by atoms with van der Waals surface area (Å²) in [6, 6.07) is 20.0. The average molecular weight is 359 g/mol. The minimum Gasteiger partial charge on any atom is -0.341 e. The lowest BCUT2D eigenvalue weighted by molar-refractivity contribution is 0.767. The molecule has 1 aromatic heterocycles. The van der Waals surface area contributed by atoms with Crippen LogP contribution in [0.2, 0.25) is 0 Å². The number of nitrogens with one attached hydrogen (secondary N) is 1. The Kier molecular flexibility index (Phi) is 4.27. The predicted octanol–water partition coefficient (Wildman–Crippen LogP) is 4.29. The van der Waals surface area contributed by atoms with Crippen LogP contribution in [0.3, 0.4) is 0 Å². The van der Waals surface area contributed by atoms with Gasteiger partial charge in [0.1, 0.15) is 6.07 Å². The minimum absolute atomic E-state index is 0.266. The van der Waals surface area contributed by atoms with Crippen molar-refractivity contribution in [3.05, 3.63) is 76.1 Å². The van der Waals surface area contributed by atoms with E-state index in [2.05, 4.69) is 58.9 Å². The summed E-state index contributed by atoms with van der Waals surface area (Å²) in [5.74, 6) is 0. The largest absolute Gasteiger partial charge is 0.341 e. The third-order valence-corrected chi connectivity index (χ3v) is 5.05. The first kappa shape index (κ1) is 16.5. The summed E-state index contributed by atoms with van der Waals surface area (Å²) in [5.41, 5.74) is 5.17. The molecule has 1 aliphatic rings. The van der Waals surface area contributed by atoms with Crippen LogP contribution in [0.5, 0.6) is 0 Å². The van der Waals surface area contributed by atoms with E-state index in [9.17, 15) is 10.1 Å². The molecule has 0 bridgehead atoms. The Labute approximate surface area is 157 Å². The number of fused-ring (bicyclic) bond motifs is 1. The van der Waals surface area contributed by atoms with E-state index >= 15 is 0 Å². The van der Waals surface area contributed by atoms with Gasteiger partial charge in [-0.1, -0.05) is 30.3 Å². The maximum Gasteiger partial charge on any atom is 0.249 e. The van der Waals surface area contributed by atoms with Gasteiger partial charge in [-0.2, -0.15) is 5.26 Å². The summed E-state index contributed by atoms with van der Waals surface area (Å²) >= 11 is 4.24. The molecule has 2 aromatic carbocycles. The summed E-state index contributed by atoms with van der Waals surface area (Å²) in [5, 5.41) is 9.76. The first-order valence-corrected chi connectivity index (χ1v) is 8.94. The number of rotatable bonds is 2. The van der Waals surface area contributed by atoms with Gasteiger partial charge in [-0.05, 0) is 42.2 Å². The standard InChI is InChI=1S/C21H17N3OS/c22-13-18-17(12-20(25)23-21(18)26)15-6-3-8-16(11-15)24-10-4-7-14-5-1-2-9-19(14)24/h1-3,5-6,8-9,11-12H,4,7,10H2,(H2,23,25,26). The summed E-state index contributed by atoms with van der Waals surface area (Å²) < 4.78 is 0. The van der Waals surface area contributed by atoms with Crippen molar-refractivity contribution in [3.8, 4) is 17.2 Å². The van der Waals surface area contributed by atoms with Crippen molar-refractivity contribution in [2.45, 2.75) is 17.9 Å². The predicted molar refractivity (Wildman–Crippen MR) is 106 cm³/mol. The third-order valence-electron chi connectivity index (χ3n) is 4.71. The maximum atomic E-state index is 11.9. The SMILES string of the molecule is N#Cc1c(-c2cccc(N3CCCc4ccccc43)c2)cc(=O)[nH]c1S. The van der Waals surface area contributed by atoms with E-state index in [-0.39, 0.29) is 5.56 Å². The number of anilines is 2. The van der Waals surface area contributed by atoms with Gasteiger partial charge in [0.25, 0.3) is 0 Å². The number of aryl methyl sites for hydroxylation is 1. The highest BCUT2D eigenvalue weighted by Crippen LogP contribution is 2.35. The minimum atomic E-state index is -0.266. The Morgan fingerprint density at radius 2 is 1.96 bits per heavy atom. The number of benzene rings is 2. The average Bonchev–Trinajstić information content (AvgIpc) is 2.67. The van der Waals surface area contributed by atoms with Crippen LogP contribution < -0.4 is 10.5 Å². The molecule has 2 heterocycles. The fourth-order valence-corrected chi connectivity index (χ4v) is 3.81. The normalized spacial score (nSPS) is 13.2. The highest BCUT2D eigenvalue weighted by molar-refractivity contribution is 7.80. The van der Waals surface area contributed by atoms with Crippen LogP contribution in [0.4, 0.5) is 11.4 Å². The van der Waals surface area contributed by atoms with Crippen molar-refractivity contribution in [1.29, 1.82) is 5.26 Å². The second-order valence-corrected chi connectivity index (χ2v) is 6.76. The summed E-state index contributed by atoms with van der Waals surface area (Å²) in [6.45, 7) is 0.943. The van der Waals surface area contributed by atoms with E-state index in [4.69, 9.17) is 0 Å². The number of hydrogen-bond acceptors (Lipinski definition) is 4. The fourth-order valence-electron chi connectivity index (χ4n) is 3.53. The van der Waals surface area contributed by atoms with Crippen LogP contribution in [-0.2, 0) is 6.42 Å². The molecule has 0 unspecified atom stereocenters. The van der Waals surface area contributed by atoms with Crippen LogP contribution in [0.1, 0.15) is 17.5 Å². The molecule has 4 rings (SSSR count). The van der Waals surface area contributed by atoms with Crippen LogP contribution in [-0.4, -0.2) is 11.5 Å². The molecule has 0 fully saturated rings. The quantitative estimate of drug-likeness (QED) is 0.671. The lowest BCUT2D eigenvalue weighted by Crippen LogP contribution is -2.24. The van der Waals surface area contributed by atoms with E-state index in [0.29, 0.717) is 16.2 Å². The van der Waals surface area contributed by atoms with Crippen LogP contribution in [0, 0.1) is 11.3 Å². The van der Waals surface area contributed by atoms with Gasteiger partial charge in [0.05, 0.1) is 10.6 Å². The molecule has 26 heavy (non-hydrogen) atoms. The summed E-state index contributed by atoms with van der Waals surface area (Å²) in [4.78, 5) is 16.7. The number of aromatic amines is 1. The fraction of sp³-hybridized carbons (Fsp3) is 0.143. The second-order valence-electron chi connectivity index (χ2n) is 6.32.